The number of aryl methyl sites for hydroxylation is 1. The van der Waals surface area contributed by atoms with Crippen LogP contribution in [0.4, 0.5) is 0 Å². The van der Waals surface area contributed by atoms with Gasteiger partial charge in [0.05, 0.1) is 10.9 Å². The van der Waals surface area contributed by atoms with Gasteiger partial charge in [0.15, 0.2) is 0 Å². The molecule has 1 unspecified atom stereocenters. The number of hydrogen-bond acceptors (Lipinski definition) is 3. The molecule has 1 atom stereocenters. The normalized spacial score (nSPS) is 16.0. The summed E-state index contributed by atoms with van der Waals surface area (Å²) in [6.07, 6.45) is 2.49. The third-order valence-corrected chi connectivity index (χ3v) is 6.54. The topological polar surface area (TPSA) is 32.3 Å². The molecule has 26 heavy (non-hydrogen) atoms. The molecule has 4 heteroatoms. The van der Waals surface area contributed by atoms with Gasteiger partial charge in [0.2, 0.25) is 0 Å². The predicted octanol–water partition coefficient (Wildman–Crippen LogP) is 4.78. The van der Waals surface area contributed by atoms with Crippen LogP contribution in [-0.4, -0.2) is 30.4 Å². The highest BCUT2D eigenvalue weighted by molar-refractivity contribution is 7.21. The van der Waals surface area contributed by atoms with Gasteiger partial charge in [0.1, 0.15) is 0 Å². The van der Waals surface area contributed by atoms with Crippen molar-refractivity contribution in [3.63, 3.8) is 0 Å². The number of amides is 1. The quantitative estimate of drug-likeness (QED) is 0.707. The second-order valence-electron chi connectivity index (χ2n) is 6.93. The van der Waals surface area contributed by atoms with E-state index in [2.05, 4.69) is 46.6 Å². The number of nitrogens with one attached hydrogen (secondary N) is 1. The Morgan fingerprint density at radius 2 is 1.77 bits per heavy atom. The number of fused-ring (bicyclic) bond motifs is 1. The smallest absolute Gasteiger partial charge is 0.261 e. The van der Waals surface area contributed by atoms with E-state index in [-0.39, 0.29) is 11.9 Å². The summed E-state index contributed by atoms with van der Waals surface area (Å²) in [5, 5.41) is 4.39. The highest BCUT2D eigenvalue weighted by Gasteiger charge is 2.24. The van der Waals surface area contributed by atoms with Crippen LogP contribution in [0.1, 0.15) is 39.7 Å². The van der Waals surface area contributed by atoms with Gasteiger partial charge in [0.25, 0.3) is 5.91 Å². The second kappa shape index (κ2) is 7.60. The Morgan fingerprint density at radius 3 is 2.50 bits per heavy atom. The van der Waals surface area contributed by atoms with E-state index in [1.165, 1.54) is 28.5 Å². The van der Waals surface area contributed by atoms with Gasteiger partial charge in [0, 0.05) is 11.2 Å². The first-order chi connectivity index (χ1) is 12.7. The average molecular weight is 365 g/mol. The zero-order valence-electron chi connectivity index (χ0n) is 15.1. The van der Waals surface area contributed by atoms with Gasteiger partial charge in [-0.25, -0.2) is 0 Å². The molecule has 0 saturated carbocycles. The molecule has 3 nitrogen and oxygen atoms in total. The second-order valence-corrected chi connectivity index (χ2v) is 7.98. The fourth-order valence-electron chi connectivity index (χ4n) is 3.85. The van der Waals surface area contributed by atoms with Crippen LogP contribution in [0.15, 0.2) is 54.6 Å². The SMILES string of the molecule is Cc1c(C(=O)NCC(c2ccccc2)N2CCCC2)sc2ccccc12. The number of carbonyl (C=O) groups excluding carboxylic acids is 1. The summed E-state index contributed by atoms with van der Waals surface area (Å²) >= 11 is 1.59. The molecule has 134 valence electrons. The molecule has 1 aromatic heterocycles. The maximum absolute atomic E-state index is 12.9. The average Bonchev–Trinajstić information content (AvgIpc) is 3.32. The van der Waals surface area contributed by atoms with E-state index in [4.69, 9.17) is 0 Å². The molecule has 4 rings (SSSR count). The van der Waals surface area contributed by atoms with Crippen LogP contribution in [0, 0.1) is 6.92 Å². The van der Waals surface area contributed by atoms with Crippen molar-refractivity contribution in [2.75, 3.05) is 19.6 Å². The van der Waals surface area contributed by atoms with Crippen molar-refractivity contribution >= 4 is 27.3 Å². The Kier molecular flexibility index (Phi) is 5.05. The van der Waals surface area contributed by atoms with Crippen molar-refractivity contribution in [3.05, 3.63) is 70.6 Å². The summed E-state index contributed by atoms with van der Waals surface area (Å²) in [7, 11) is 0. The first-order valence-corrected chi connectivity index (χ1v) is 10.1. The monoisotopic (exact) mass is 364 g/mol. The van der Waals surface area contributed by atoms with Crippen LogP contribution >= 0.6 is 11.3 Å². The van der Waals surface area contributed by atoms with Crippen molar-refractivity contribution in [3.8, 4) is 0 Å². The predicted molar refractivity (Wildman–Crippen MR) is 109 cm³/mol. The van der Waals surface area contributed by atoms with Crippen LogP contribution in [-0.2, 0) is 0 Å². The van der Waals surface area contributed by atoms with Crippen LogP contribution in [0.5, 0.6) is 0 Å². The molecule has 2 heterocycles. The Morgan fingerprint density at radius 1 is 1.08 bits per heavy atom. The number of hydrogen-bond donors (Lipinski definition) is 1. The van der Waals surface area contributed by atoms with E-state index >= 15 is 0 Å². The van der Waals surface area contributed by atoms with Gasteiger partial charge >= 0.3 is 0 Å². The highest BCUT2D eigenvalue weighted by Crippen LogP contribution is 2.31. The van der Waals surface area contributed by atoms with E-state index < -0.39 is 0 Å². The lowest BCUT2D eigenvalue weighted by atomic mass is 10.1. The van der Waals surface area contributed by atoms with Gasteiger partial charge in [-0.3, -0.25) is 9.69 Å². The molecule has 0 bridgehead atoms. The van der Waals surface area contributed by atoms with E-state index in [0.717, 1.165) is 23.5 Å². The number of rotatable bonds is 5. The molecule has 0 spiro atoms. The van der Waals surface area contributed by atoms with Gasteiger partial charge in [-0.05, 0) is 55.4 Å². The van der Waals surface area contributed by atoms with Crippen molar-refractivity contribution in [1.29, 1.82) is 0 Å². The molecule has 0 radical (unpaired) electrons. The summed E-state index contributed by atoms with van der Waals surface area (Å²) in [4.78, 5) is 16.2. The van der Waals surface area contributed by atoms with Crippen LogP contribution < -0.4 is 5.32 Å². The number of benzene rings is 2. The number of carbonyl (C=O) groups is 1. The summed E-state index contributed by atoms with van der Waals surface area (Å²) in [5.41, 5.74) is 2.36. The van der Waals surface area contributed by atoms with Gasteiger partial charge in [-0.2, -0.15) is 0 Å². The van der Waals surface area contributed by atoms with Gasteiger partial charge < -0.3 is 5.32 Å². The van der Waals surface area contributed by atoms with Gasteiger partial charge in [-0.15, -0.1) is 11.3 Å². The molecular formula is C22H24N2OS. The number of nitrogens with zero attached hydrogens (tertiary/aromatic N) is 1. The highest BCUT2D eigenvalue weighted by atomic mass is 32.1. The maximum Gasteiger partial charge on any atom is 0.261 e. The zero-order chi connectivity index (χ0) is 17.9. The summed E-state index contributed by atoms with van der Waals surface area (Å²) in [6, 6.07) is 19.0. The van der Waals surface area contributed by atoms with Crippen LogP contribution in [0.2, 0.25) is 0 Å². The minimum atomic E-state index is 0.0452. The van der Waals surface area contributed by atoms with E-state index in [1.54, 1.807) is 11.3 Å². The van der Waals surface area contributed by atoms with Crippen molar-refractivity contribution in [2.24, 2.45) is 0 Å². The molecule has 1 N–H and O–H groups in total. The molecular weight excluding hydrogens is 340 g/mol. The van der Waals surface area contributed by atoms with Crippen molar-refractivity contribution in [2.45, 2.75) is 25.8 Å². The Hall–Kier alpha value is -2.17. The fraction of sp³-hybridized carbons (Fsp3) is 0.318. The summed E-state index contributed by atoms with van der Waals surface area (Å²) in [5.74, 6) is 0.0452. The minimum absolute atomic E-state index is 0.0452. The Balaban J connectivity index is 1.53. The number of likely N-dealkylation sites (tertiary alicyclic amines) is 1. The molecule has 1 fully saturated rings. The van der Waals surface area contributed by atoms with Crippen molar-refractivity contribution in [1.82, 2.24) is 10.2 Å². The van der Waals surface area contributed by atoms with E-state index in [9.17, 15) is 4.79 Å². The maximum atomic E-state index is 12.9. The molecule has 2 aromatic carbocycles. The van der Waals surface area contributed by atoms with E-state index in [0.29, 0.717) is 6.54 Å². The summed E-state index contributed by atoms with van der Waals surface area (Å²) < 4.78 is 1.18. The van der Waals surface area contributed by atoms with Crippen molar-refractivity contribution < 1.29 is 4.79 Å². The van der Waals surface area contributed by atoms with Crippen LogP contribution in [0.3, 0.4) is 0 Å². The Bertz CT molecular complexity index is 897. The largest absolute Gasteiger partial charge is 0.349 e. The standard InChI is InChI=1S/C22H24N2OS/c1-16-18-11-5-6-12-20(18)26-21(16)22(25)23-15-19(24-13-7-8-14-24)17-9-3-2-4-10-17/h2-6,9-12,19H,7-8,13-15H2,1H3,(H,23,25). The first-order valence-electron chi connectivity index (χ1n) is 9.29. The number of thiophene rings is 1. The molecule has 1 saturated heterocycles. The molecule has 1 aliphatic heterocycles. The summed E-state index contributed by atoms with van der Waals surface area (Å²) in [6.45, 7) is 4.91. The van der Waals surface area contributed by atoms with E-state index in [1.807, 2.05) is 25.1 Å². The molecule has 0 aliphatic carbocycles. The fourth-order valence-corrected chi connectivity index (χ4v) is 4.97. The zero-order valence-corrected chi connectivity index (χ0v) is 15.9. The third-order valence-electron chi connectivity index (χ3n) is 5.27. The lowest BCUT2D eigenvalue weighted by Gasteiger charge is -2.28. The Labute approximate surface area is 158 Å². The molecule has 1 amide bonds. The van der Waals surface area contributed by atoms with Crippen LogP contribution in [0.25, 0.3) is 10.1 Å². The lowest BCUT2D eigenvalue weighted by molar-refractivity contribution is 0.0941. The third kappa shape index (κ3) is 3.39. The lowest BCUT2D eigenvalue weighted by Crippen LogP contribution is -2.36. The molecule has 1 aliphatic rings. The minimum Gasteiger partial charge on any atom is -0.349 e. The first kappa shape index (κ1) is 17.3. The molecule has 3 aromatic rings. The van der Waals surface area contributed by atoms with Gasteiger partial charge in [-0.1, -0.05) is 48.5 Å².